The highest BCUT2D eigenvalue weighted by Gasteiger charge is 2.41. The van der Waals surface area contributed by atoms with Crippen molar-refractivity contribution in [2.24, 2.45) is 0 Å². The number of hydrogen-bond acceptors (Lipinski definition) is 3. The van der Waals surface area contributed by atoms with Crippen LogP contribution >= 0.6 is 0 Å². The average Bonchev–Trinajstić information content (AvgIpc) is 2.83. The molecule has 94 valence electrons. The molecule has 2 heterocycles. The summed E-state index contributed by atoms with van der Waals surface area (Å²) < 4.78 is 6.10. The number of nitriles is 1. The Balaban J connectivity index is 1.72. The third-order valence-electron chi connectivity index (χ3n) is 4.24. The summed E-state index contributed by atoms with van der Waals surface area (Å²) in [4.78, 5) is 0. The maximum atomic E-state index is 8.81. The number of nitrogens with zero attached hydrogens (tertiary/aromatic N) is 1. The van der Waals surface area contributed by atoms with Crippen LogP contribution in [0.2, 0.25) is 0 Å². The second-order valence-corrected chi connectivity index (χ2v) is 5.38. The third kappa shape index (κ3) is 2.14. The molecule has 3 rings (SSSR count). The lowest BCUT2D eigenvalue weighted by Gasteiger charge is -2.33. The first-order chi connectivity index (χ1) is 8.81. The van der Waals surface area contributed by atoms with Gasteiger partial charge in [-0.3, -0.25) is 0 Å². The SMILES string of the molecule is N#Cc1ccc(C2COC3(CCNCC3)C2)cc1. The number of hydrogen-bond donors (Lipinski definition) is 1. The first-order valence-electron chi connectivity index (χ1n) is 6.66. The van der Waals surface area contributed by atoms with Crippen molar-refractivity contribution in [2.75, 3.05) is 19.7 Å². The zero-order chi connectivity index (χ0) is 12.4. The van der Waals surface area contributed by atoms with E-state index in [4.69, 9.17) is 10.00 Å². The fourth-order valence-electron chi connectivity index (χ4n) is 3.12. The topological polar surface area (TPSA) is 45.0 Å². The molecule has 0 radical (unpaired) electrons. The second kappa shape index (κ2) is 4.72. The van der Waals surface area contributed by atoms with Gasteiger partial charge in [-0.2, -0.15) is 5.26 Å². The standard InChI is InChI=1S/C15H18N2O/c16-10-12-1-3-13(4-2-12)14-9-15(18-11-14)5-7-17-8-6-15/h1-4,14,17H,5-9,11H2. The van der Waals surface area contributed by atoms with Gasteiger partial charge in [-0.1, -0.05) is 12.1 Å². The number of piperidine rings is 1. The van der Waals surface area contributed by atoms with Crippen LogP contribution in [0.5, 0.6) is 0 Å². The van der Waals surface area contributed by atoms with Gasteiger partial charge in [0.05, 0.1) is 23.8 Å². The van der Waals surface area contributed by atoms with Gasteiger partial charge in [0.2, 0.25) is 0 Å². The van der Waals surface area contributed by atoms with Crippen molar-refractivity contribution in [1.82, 2.24) is 5.32 Å². The molecule has 0 amide bonds. The molecule has 0 aliphatic carbocycles. The van der Waals surface area contributed by atoms with Crippen molar-refractivity contribution < 1.29 is 4.74 Å². The summed E-state index contributed by atoms with van der Waals surface area (Å²) in [6.07, 6.45) is 3.38. The molecule has 3 heteroatoms. The van der Waals surface area contributed by atoms with Crippen LogP contribution in [-0.4, -0.2) is 25.3 Å². The Kier molecular flexibility index (Phi) is 3.07. The van der Waals surface area contributed by atoms with Crippen molar-refractivity contribution in [1.29, 1.82) is 5.26 Å². The minimum atomic E-state index is 0.115. The molecule has 0 aromatic heterocycles. The zero-order valence-electron chi connectivity index (χ0n) is 10.5. The van der Waals surface area contributed by atoms with E-state index in [0.29, 0.717) is 5.92 Å². The fourth-order valence-corrected chi connectivity index (χ4v) is 3.12. The molecule has 2 aliphatic heterocycles. The highest BCUT2D eigenvalue weighted by Crippen LogP contribution is 2.41. The highest BCUT2D eigenvalue weighted by atomic mass is 16.5. The number of ether oxygens (including phenoxy) is 1. The quantitative estimate of drug-likeness (QED) is 0.821. The van der Waals surface area contributed by atoms with Gasteiger partial charge in [0, 0.05) is 5.92 Å². The van der Waals surface area contributed by atoms with Gasteiger partial charge >= 0.3 is 0 Å². The molecule has 0 saturated carbocycles. The molecule has 1 aromatic rings. The van der Waals surface area contributed by atoms with Crippen LogP contribution in [-0.2, 0) is 4.74 Å². The average molecular weight is 242 g/mol. The molecule has 1 unspecified atom stereocenters. The Morgan fingerprint density at radius 2 is 1.94 bits per heavy atom. The molecule has 2 aliphatic rings. The number of benzene rings is 1. The van der Waals surface area contributed by atoms with Crippen molar-refractivity contribution in [3.63, 3.8) is 0 Å². The summed E-state index contributed by atoms with van der Waals surface area (Å²) in [6.45, 7) is 2.96. The molecule has 0 bridgehead atoms. The van der Waals surface area contributed by atoms with Gasteiger partial charge in [0.1, 0.15) is 0 Å². The normalized spacial score (nSPS) is 26.1. The van der Waals surface area contributed by atoms with E-state index in [1.54, 1.807) is 0 Å². The van der Waals surface area contributed by atoms with Crippen LogP contribution in [0.4, 0.5) is 0 Å². The van der Waals surface area contributed by atoms with Crippen LogP contribution in [0.25, 0.3) is 0 Å². The van der Waals surface area contributed by atoms with Gasteiger partial charge < -0.3 is 10.1 Å². The van der Waals surface area contributed by atoms with Crippen molar-refractivity contribution >= 4 is 0 Å². The molecule has 3 nitrogen and oxygen atoms in total. The number of nitrogens with one attached hydrogen (secondary N) is 1. The second-order valence-electron chi connectivity index (χ2n) is 5.38. The van der Waals surface area contributed by atoms with Gasteiger partial charge in [0.15, 0.2) is 0 Å². The number of rotatable bonds is 1. The highest BCUT2D eigenvalue weighted by molar-refractivity contribution is 5.33. The van der Waals surface area contributed by atoms with Crippen LogP contribution < -0.4 is 5.32 Å². The molecule has 18 heavy (non-hydrogen) atoms. The minimum Gasteiger partial charge on any atom is -0.374 e. The van der Waals surface area contributed by atoms with Crippen LogP contribution in [0.1, 0.15) is 36.3 Å². The molecule has 1 aromatic carbocycles. The summed E-state index contributed by atoms with van der Waals surface area (Å²) in [5, 5.41) is 12.2. The van der Waals surface area contributed by atoms with E-state index >= 15 is 0 Å². The van der Waals surface area contributed by atoms with E-state index in [1.165, 1.54) is 5.56 Å². The van der Waals surface area contributed by atoms with E-state index in [-0.39, 0.29) is 5.60 Å². The monoisotopic (exact) mass is 242 g/mol. The van der Waals surface area contributed by atoms with E-state index in [0.717, 1.165) is 44.5 Å². The van der Waals surface area contributed by atoms with Crippen molar-refractivity contribution in [3.8, 4) is 6.07 Å². The summed E-state index contributed by atoms with van der Waals surface area (Å²) in [5.74, 6) is 0.496. The van der Waals surface area contributed by atoms with Crippen LogP contribution in [0, 0.1) is 11.3 Å². The summed E-state index contributed by atoms with van der Waals surface area (Å²) >= 11 is 0. The Morgan fingerprint density at radius 1 is 1.22 bits per heavy atom. The Morgan fingerprint density at radius 3 is 2.61 bits per heavy atom. The fraction of sp³-hybridized carbons (Fsp3) is 0.533. The molecular formula is C15H18N2O. The molecule has 1 spiro atoms. The molecule has 1 atom stereocenters. The van der Waals surface area contributed by atoms with Gasteiger partial charge in [-0.05, 0) is 50.0 Å². The van der Waals surface area contributed by atoms with Crippen LogP contribution in [0.15, 0.2) is 24.3 Å². The van der Waals surface area contributed by atoms with Gasteiger partial charge in [-0.25, -0.2) is 0 Å². The molecule has 2 saturated heterocycles. The largest absolute Gasteiger partial charge is 0.374 e. The van der Waals surface area contributed by atoms with E-state index in [1.807, 2.05) is 12.1 Å². The molecule has 2 fully saturated rings. The van der Waals surface area contributed by atoms with Crippen molar-refractivity contribution in [3.05, 3.63) is 35.4 Å². The zero-order valence-corrected chi connectivity index (χ0v) is 10.5. The Hall–Kier alpha value is -1.37. The first-order valence-corrected chi connectivity index (χ1v) is 6.66. The maximum Gasteiger partial charge on any atom is 0.0991 e. The smallest absolute Gasteiger partial charge is 0.0991 e. The summed E-state index contributed by atoms with van der Waals surface area (Å²) in [7, 11) is 0. The van der Waals surface area contributed by atoms with Crippen molar-refractivity contribution in [2.45, 2.75) is 30.8 Å². The predicted octanol–water partition coefficient (Wildman–Crippen LogP) is 2.18. The first kappa shape index (κ1) is 11.7. The van der Waals surface area contributed by atoms with Gasteiger partial charge in [-0.15, -0.1) is 0 Å². The lowest BCUT2D eigenvalue weighted by atomic mass is 9.83. The van der Waals surface area contributed by atoms with Gasteiger partial charge in [0.25, 0.3) is 0 Å². The summed E-state index contributed by atoms with van der Waals surface area (Å²) in [6, 6.07) is 10.1. The minimum absolute atomic E-state index is 0.115. The molecular weight excluding hydrogens is 224 g/mol. The van der Waals surface area contributed by atoms with E-state index < -0.39 is 0 Å². The van der Waals surface area contributed by atoms with Crippen LogP contribution in [0.3, 0.4) is 0 Å². The Labute approximate surface area is 108 Å². The maximum absolute atomic E-state index is 8.81. The van der Waals surface area contributed by atoms with E-state index in [9.17, 15) is 0 Å². The molecule has 1 N–H and O–H groups in total. The summed E-state index contributed by atoms with van der Waals surface area (Å²) in [5.41, 5.74) is 2.16. The Bertz CT molecular complexity index is 454. The predicted molar refractivity (Wildman–Crippen MR) is 69.3 cm³/mol. The third-order valence-corrected chi connectivity index (χ3v) is 4.24. The lowest BCUT2D eigenvalue weighted by molar-refractivity contribution is -0.0193. The lowest BCUT2D eigenvalue weighted by Crippen LogP contribution is -2.41. The van der Waals surface area contributed by atoms with E-state index in [2.05, 4.69) is 23.5 Å².